The van der Waals surface area contributed by atoms with Crippen LogP contribution in [-0.4, -0.2) is 39.0 Å². The van der Waals surface area contributed by atoms with Gasteiger partial charge in [-0.1, -0.05) is 11.6 Å². The predicted molar refractivity (Wildman–Crippen MR) is 81.0 cm³/mol. The normalized spacial score (nSPS) is 10.0. The minimum atomic E-state index is -0.580. The molecular formula is C14H17ClN2O4. The molecule has 0 heterocycles. The molecule has 7 heteroatoms. The van der Waals surface area contributed by atoms with E-state index in [0.29, 0.717) is 11.4 Å². The molecule has 0 aliphatic rings. The number of rotatable bonds is 3. The van der Waals surface area contributed by atoms with E-state index in [1.807, 2.05) is 0 Å². The number of benzene rings is 1. The van der Waals surface area contributed by atoms with Crippen LogP contribution in [0, 0.1) is 0 Å². The lowest BCUT2D eigenvalue weighted by atomic mass is 10.1. The van der Waals surface area contributed by atoms with Crippen LogP contribution in [-0.2, 0) is 14.3 Å². The van der Waals surface area contributed by atoms with Gasteiger partial charge in [-0.15, -0.1) is 0 Å². The fraction of sp³-hybridized carbons (Fsp3) is 0.357. The Morgan fingerprint density at radius 2 is 1.38 bits per heavy atom. The Hall–Kier alpha value is -2.08. The summed E-state index contributed by atoms with van der Waals surface area (Å²) in [5.41, 5.74) is 0.860. The number of methoxy groups -OCH3 is 1. The zero-order chi connectivity index (χ0) is 16.3. The van der Waals surface area contributed by atoms with Crippen molar-refractivity contribution in [2.45, 2.75) is 13.8 Å². The zero-order valence-electron chi connectivity index (χ0n) is 12.6. The summed E-state index contributed by atoms with van der Waals surface area (Å²) < 4.78 is 4.68. The van der Waals surface area contributed by atoms with Gasteiger partial charge >= 0.3 is 5.97 Å². The number of hydrogen-bond acceptors (Lipinski definition) is 4. The van der Waals surface area contributed by atoms with E-state index in [-0.39, 0.29) is 22.4 Å². The molecule has 21 heavy (non-hydrogen) atoms. The van der Waals surface area contributed by atoms with Gasteiger partial charge in [0.1, 0.15) is 0 Å². The van der Waals surface area contributed by atoms with E-state index in [1.165, 1.54) is 57.0 Å². The third-order valence-electron chi connectivity index (χ3n) is 3.12. The van der Waals surface area contributed by atoms with Gasteiger partial charge in [-0.05, 0) is 12.1 Å². The summed E-state index contributed by atoms with van der Waals surface area (Å²) in [4.78, 5) is 37.4. The second-order valence-electron chi connectivity index (χ2n) is 4.48. The Morgan fingerprint density at radius 3 is 1.67 bits per heavy atom. The van der Waals surface area contributed by atoms with E-state index in [4.69, 9.17) is 11.6 Å². The molecule has 0 saturated heterocycles. The summed E-state index contributed by atoms with van der Waals surface area (Å²) in [5.74, 6) is -1.09. The van der Waals surface area contributed by atoms with Crippen molar-refractivity contribution in [3.05, 3.63) is 22.7 Å². The SMILES string of the molecule is COC(=O)c1cc(N(C)C(C)=O)c(Cl)c(N(C)C(C)=O)c1. The maximum absolute atomic E-state index is 11.7. The second kappa shape index (κ2) is 6.58. The van der Waals surface area contributed by atoms with Gasteiger partial charge in [0, 0.05) is 27.9 Å². The van der Waals surface area contributed by atoms with Gasteiger partial charge in [0.15, 0.2) is 0 Å². The van der Waals surface area contributed by atoms with Crippen molar-refractivity contribution in [2.24, 2.45) is 0 Å². The van der Waals surface area contributed by atoms with Gasteiger partial charge in [0.05, 0.1) is 29.1 Å². The van der Waals surface area contributed by atoms with E-state index in [2.05, 4.69) is 4.74 Å². The van der Waals surface area contributed by atoms with Crippen molar-refractivity contribution in [1.82, 2.24) is 0 Å². The molecule has 0 saturated carbocycles. The van der Waals surface area contributed by atoms with E-state index in [0.717, 1.165) is 0 Å². The number of esters is 1. The Bertz CT molecular complexity index is 560. The van der Waals surface area contributed by atoms with E-state index in [1.54, 1.807) is 0 Å². The maximum atomic E-state index is 11.7. The number of halogens is 1. The highest BCUT2D eigenvalue weighted by atomic mass is 35.5. The van der Waals surface area contributed by atoms with Crippen LogP contribution < -0.4 is 9.80 Å². The molecule has 0 fully saturated rings. The summed E-state index contributed by atoms with van der Waals surface area (Å²) in [6, 6.07) is 2.90. The summed E-state index contributed by atoms with van der Waals surface area (Å²) in [7, 11) is 4.31. The smallest absolute Gasteiger partial charge is 0.338 e. The van der Waals surface area contributed by atoms with Crippen LogP contribution in [0.15, 0.2) is 12.1 Å². The van der Waals surface area contributed by atoms with Crippen LogP contribution >= 0.6 is 11.6 Å². The molecule has 0 aliphatic carbocycles. The first kappa shape index (κ1) is 17.0. The highest BCUT2D eigenvalue weighted by Crippen LogP contribution is 2.36. The maximum Gasteiger partial charge on any atom is 0.338 e. The number of amides is 2. The molecule has 0 spiro atoms. The summed E-state index contributed by atoms with van der Waals surface area (Å²) in [5, 5.41) is 0.207. The fourth-order valence-corrected chi connectivity index (χ4v) is 2.02. The molecule has 1 rings (SSSR count). The quantitative estimate of drug-likeness (QED) is 0.802. The Balaban J connectivity index is 3.57. The third kappa shape index (κ3) is 3.52. The summed E-state index contributed by atoms with van der Waals surface area (Å²) in [6.45, 7) is 2.74. The van der Waals surface area contributed by atoms with E-state index >= 15 is 0 Å². The molecule has 2 amide bonds. The van der Waals surface area contributed by atoms with Gasteiger partial charge in [0.2, 0.25) is 11.8 Å². The monoisotopic (exact) mass is 312 g/mol. The highest BCUT2D eigenvalue weighted by molar-refractivity contribution is 6.37. The van der Waals surface area contributed by atoms with Gasteiger partial charge in [0.25, 0.3) is 0 Å². The molecule has 0 unspecified atom stereocenters. The van der Waals surface area contributed by atoms with Crippen LogP contribution in [0.4, 0.5) is 11.4 Å². The van der Waals surface area contributed by atoms with E-state index in [9.17, 15) is 14.4 Å². The van der Waals surface area contributed by atoms with E-state index < -0.39 is 5.97 Å². The molecule has 0 aromatic heterocycles. The van der Waals surface area contributed by atoms with Crippen LogP contribution in [0.5, 0.6) is 0 Å². The van der Waals surface area contributed by atoms with Crippen LogP contribution in [0.25, 0.3) is 0 Å². The molecule has 1 aromatic carbocycles. The molecule has 114 valence electrons. The average molecular weight is 313 g/mol. The number of ether oxygens (including phenoxy) is 1. The van der Waals surface area contributed by atoms with Gasteiger partial charge in [-0.3, -0.25) is 9.59 Å². The standard InChI is InChI=1S/C14H17ClN2O4/c1-8(18)16(3)11-6-10(14(20)21-5)7-12(13(11)15)17(4)9(2)19/h6-7H,1-5H3. The highest BCUT2D eigenvalue weighted by Gasteiger charge is 2.21. The number of carbonyl (C=O) groups excluding carboxylic acids is 3. The van der Waals surface area contributed by atoms with Gasteiger partial charge in [-0.2, -0.15) is 0 Å². The lowest BCUT2D eigenvalue weighted by molar-refractivity contribution is -0.117. The molecular weight excluding hydrogens is 296 g/mol. The zero-order valence-corrected chi connectivity index (χ0v) is 13.3. The third-order valence-corrected chi connectivity index (χ3v) is 3.51. The minimum Gasteiger partial charge on any atom is -0.465 e. The number of carbonyl (C=O) groups is 3. The molecule has 0 radical (unpaired) electrons. The van der Waals surface area contributed by atoms with Crippen molar-refractivity contribution in [1.29, 1.82) is 0 Å². The average Bonchev–Trinajstić information content (AvgIpc) is 2.44. The number of anilines is 2. The van der Waals surface area contributed by atoms with Crippen molar-refractivity contribution in [3.8, 4) is 0 Å². The lowest BCUT2D eigenvalue weighted by Crippen LogP contribution is -2.27. The number of hydrogen-bond donors (Lipinski definition) is 0. The van der Waals surface area contributed by atoms with Crippen LogP contribution in [0.2, 0.25) is 5.02 Å². The van der Waals surface area contributed by atoms with Crippen molar-refractivity contribution >= 4 is 40.8 Å². The first-order chi connectivity index (χ1) is 9.70. The largest absolute Gasteiger partial charge is 0.465 e. The first-order valence-corrected chi connectivity index (χ1v) is 6.49. The summed E-state index contributed by atoms with van der Waals surface area (Å²) in [6.07, 6.45) is 0. The molecule has 0 N–H and O–H groups in total. The molecule has 0 atom stereocenters. The minimum absolute atomic E-state index is 0.202. The Morgan fingerprint density at radius 1 is 1.00 bits per heavy atom. The van der Waals surface area contributed by atoms with Crippen LogP contribution in [0.3, 0.4) is 0 Å². The Labute approximate surface area is 128 Å². The summed E-state index contributed by atoms with van der Waals surface area (Å²) >= 11 is 6.27. The van der Waals surface area contributed by atoms with Crippen molar-refractivity contribution in [2.75, 3.05) is 31.0 Å². The lowest BCUT2D eigenvalue weighted by Gasteiger charge is -2.23. The molecule has 0 aliphatic heterocycles. The van der Waals surface area contributed by atoms with Crippen molar-refractivity contribution in [3.63, 3.8) is 0 Å². The molecule has 0 bridgehead atoms. The predicted octanol–water partition coefficient (Wildman–Crippen LogP) is 2.09. The first-order valence-electron chi connectivity index (χ1n) is 6.11. The van der Waals surface area contributed by atoms with Crippen LogP contribution in [0.1, 0.15) is 24.2 Å². The Kier molecular flexibility index (Phi) is 5.32. The van der Waals surface area contributed by atoms with Crippen molar-refractivity contribution < 1.29 is 19.1 Å². The second-order valence-corrected chi connectivity index (χ2v) is 4.85. The molecule has 6 nitrogen and oxygen atoms in total. The topological polar surface area (TPSA) is 66.9 Å². The number of nitrogens with zero attached hydrogens (tertiary/aromatic N) is 2. The van der Waals surface area contributed by atoms with Gasteiger partial charge < -0.3 is 14.5 Å². The molecule has 1 aromatic rings. The van der Waals surface area contributed by atoms with Gasteiger partial charge in [-0.25, -0.2) is 4.79 Å². The fourth-order valence-electron chi connectivity index (χ4n) is 1.66.